The molecule has 2 heterocycles. The van der Waals surface area contributed by atoms with Gasteiger partial charge in [-0.15, -0.1) is 0 Å². The van der Waals surface area contributed by atoms with Crippen molar-refractivity contribution in [1.29, 1.82) is 0 Å². The molecule has 2 fully saturated rings. The van der Waals surface area contributed by atoms with Gasteiger partial charge in [-0.2, -0.15) is 0 Å². The van der Waals surface area contributed by atoms with Gasteiger partial charge in [0.2, 0.25) is 0 Å². The quantitative estimate of drug-likeness (QED) is 0.915. The standard InChI is InChI=1S/C16H23ClN2/c17-15-3-1-14(2-4-15)5-11-19-12-8-16(13-19)6-9-18-10-7-16/h1-4,18H,5-13H2. The van der Waals surface area contributed by atoms with E-state index in [1.54, 1.807) is 0 Å². The van der Waals surface area contributed by atoms with Gasteiger partial charge in [-0.05, 0) is 68.4 Å². The molecule has 1 aromatic carbocycles. The highest BCUT2D eigenvalue weighted by molar-refractivity contribution is 6.30. The molecular formula is C16H23ClN2. The SMILES string of the molecule is Clc1ccc(CCN2CCC3(CCNCC3)C2)cc1. The van der Waals surface area contributed by atoms with Crippen LogP contribution in [0.1, 0.15) is 24.8 Å². The van der Waals surface area contributed by atoms with Gasteiger partial charge in [0.05, 0.1) is 0 Å². The zero-order valence-corrected chi connectivity index (χ0v) is 12.3. The molecule has 0 atom stereocenters. The first kappa shape index (κ1) is 13.4. The number of hydrogen-bond donors (Lipinski definition) is 1. The average Bonchev–Trinajstić information content (AvgIpc) is 2.82. The van der Waals surface area contributed by atoms with Crippen LogP contribution in [0.3, 0.4) is 0 Å². The second kappa shape index (κ2) is 5.82. The Bertz CT molecular complexity index is 409. The minimum atomic E-state index is 0.630. The van der Waals surface area contributed by atoms with E-state index in [-0.39, 0.29) is 0 Å². The Morgan fingerprint density at radius 3 is 2.58 bits per heavy atom. The summed E-state index contributed by atoms with van der Waals surface area (Å²) in [6.07, 6.45) is 5.27. The Hall–Kier alpha value is -0.570. The number of likely N-dealkylation sites (tertiary alicyclic amines) is 1. The van der Waals surface area contributed by atoms with Crippen LogP contribution in [0, 0.1) is 5.41 Å². The number of halogens is 1. The predicted molar refractivity (Wildman–Crippen MR) is 80.7 cm³/mol. The third kappa shape index (κ3) is 3.31. The second-order valence-electron chi connectivity index (χ2n) is 6.15. The molecule has 0 unspecified atom stereocenters. The summed E-state index contributed by atoms with van der Waals surface area (Å²) in [5.74, 6) is 0. The summed E-state index contributed by atoms with van der Waals surface area (Å²) in [5.41, 5.74) is 2.03. The summed E-state index contributed by atoms with van der Waals surface area (Å²) in [7, 11) is 0. The molecule has 1 spiro atoms. The Morgan fingerprint density at radius 2 is 1.84 bits per heavy atom. The van der Waals surface area contributed by atoms with E-state index in [0.29, 0.717) is 5.41 Å². The Labute approximate surface area is 121 Å². The monoisotopic (exact) mass is 278 g/mol. The summed E-state index contributed by atoms with van der Waals surface area (Å²) in [6, 6.07) is 8.29. The minimum Gasteiger partial charge on any atom is -0.317 e. The van der Waals surface area contributed by atoms with Gasteiger partial charge < -0.3 is 10.2 Å². The molecule has 2 aliphatic heterocycles. The Kier molecular flexibility index (Phi) is 4.11. The molecule has 1 N–H and O–H groups in total. The predicted octanol–water partition coefficient (Wildman–Crippen LogP) is 2.96. The topological polar surface area (TPSA) is 15.3 Å². The molecule has 0 radical (unpaired) electrons. The summed E-state index contributed by atoms with van der Waals surface area (Å²) in [4.78, 5) is 2.65. The van der Waals surface area contributed by atoms with Crippen molar-refractivity contribution in [1.82, 2.24) is 10.2 Å². The first-order valence-corrected chi connectivity index (χ1v) is 7.81. The molecule has 0 bridgehead atoms. The van der Waals surface area contributed by atoms with Gasteiger partial charge in [-0.1, -0.05) is 23.7 Å². The van der Waals surface area contributed by atoms with Crippen LogP contribution in [-0.2, 0) is 6.42 Å². The van der Waals surface area contributed by atoms with E-state index in [2.05, 4.69) is 22.3 Å². The maximum Gasteiger partial charge on any atom is 0.0406 e. The molecule has 104 valence electrons. The summed E-state index contributed by atoms with van der Waals surface area (Å²) in [6.45, 7) is 6.21. The lowest BCUT2D eigenvalue weighted by Gasteiger charge is -2.33. The average molecular weight is 279 g/mol. The van der Waals surface area contributed by atoms with E-state index < -0.39 is 0 Å². The van der Waals surface area contributed by atoms with Crippen molar-refractivity contribution in [2.75, 3.05) is 32.7 Å². The maximum absolute atomic E-state index is 5.92. The number of nitrogens with one attached hydrogen (secondary N) is 1. The zero-order chi connectivity index (χ0) is 13.1. The van der Waals surface area contributed by atoms with Gasteiger partial charge in [-0.3, -0.25) is 0 Å². The molecule has 0 aliphatic carbocycles. The maximum atomic E-state index is 5.92. The highest BCUT2D eigenvalue weighted by Gasteiger charge is 2.38. The molecule has 3 heteroatoms. The van der Waals surface area contributed by atoms with E-state index >= 15 is 0 Å². The van der Waals surface area contributed by atoms with Crippen LogP contribution in [-0.4, -0.2) is 37.6 Å². The molecule has 0 amide bonds. The van der Waals surface area contributed by atoms with E-state index in [4.69, 9.17) is 11.6 Å². The molecule has 2 saturated heterocycles. The van der Waals surface area contributed by atoms with Gasteiger partial charge in [0.15, 0.2) is 0 Å². The fourth-order valence-corrected chi connectivity index (χ4v) is 3.65. The van der Waals surface area contributed by atoms with Gasteiger partial charge in [0.1, 0.15) is 0 Å². The number of benzene rings is 1. The van der Waals surface area contributed by atoms with Crippen LogP contribution < -0.4 is 5.32 Å². The first-order chi connectivity index (χ1) is 9.26. The van der Waals surface area contributed by atoms with Crippen molar-refractivity contribution in [3.63, 3.8) is 0 Å². The van der Waals surface area contributed by atoms with Gasteiger partial charge in [0, 0.05) is 18.1 Å². The lowest BCUT2D eigenvalue weighted by atomic mass is 9.78. The van der Waals surface area contributed by atoms with Crippen molar-refractivity contribution in [2.24, 2.45) is 5.41 Å². The summed E-state index contributed by atoms with van der Waals surface area (Å²) < 4.78 is 0. The van der Waals surface area contributed by atoms with E-state index in [1.807, 2.05) is 12.1 Å². The van der Waals surface area contributed by atoms with Gasteiger partial charge in [-0.25, -0.2) is 0 Å². The van der Waals surface area contributed by atoms with Crippen molar-refractivity contribution in [2.45, 2.75) is 25.7 Å². The highest BCUT2D eigenvalue weighted by atomic mass is 35.5. The fourth-order valence-electron chi connectivity index (χ4n) is 3.52. The van der Waals surface area contributed by atoms with E-state index in [1.165, 1.54) is 57.5 Å². The van der Waals surface area contributed by atoms with Crippen molar-refractivity contribution >= 4 is 11.6 Å². The number of rotatable bonds is 3. The summed E-state index contributed by atoms with van der Waals surface area (Å²) in [5, 5.41) is 4.31. The van der Waals surface area contributed by atoms with Crippen LogP contribution in [0.25, 0.3) is 0 Å². The van der Waals surface area contributed by atoms with E-state index in [9.17, 15) is 0 Å². The Balaban J connectivity index is 1.50. The lowest BCUT2D eigenvalue weighted by Crippen LogP contribution is -2.38. The third-order valence-corrected chi connectivity index (χ3v) is 5.06. The number of hydrogen-bond acceptors (Lipinski definition) is 2. The molecule has 2 nitrogen and oxygen atoms in total. The molecule has 19 heavy (non-hydrogen) atoms. The van der Waals surface area contributed by atoms with Crippen LogP contribution in [0.5, 0.6) is 0 Å². The molecule has 3 rings (SSSR count). The fraction of sp³-hybridized carbons (Fsp3) is 0.625. The second-order valence-corrected chi connectivity index (χ2v) is 6.59. The van der Waals surface area contributed by atoms with Crippen LogP contribution in [0.2, 0.25) is 5.02 Å². The van der Waals surface area contributed by atoms with E-state index in [0.717, 1.165) is 11.4 Å². The molecule has 1 aromatic rings. The summed E-state index contributed by atoms with van der Waals surface area (Å²) >= 11 is 5.92. The van der Waals surface area contributed by atoms with Crippen molar-refractivity contribution < 1.29 is 0 Å². The molecule has 2 aliphatic rings. The normalized spacial score (nSPS) is 23.0. The smallest absolute Gasteiger partial charge is 0.0406 e. The molecular weight excluding hydrogens is 256 g/mol. The molecule has 0 aromatic heterocycles. The molecule has 0 saturated carbocycles. The van der Waals surface area contributed by atoms with Gasteiger partial charge >= 0.3 is 0 Å². The first-order valence-electron chi connectivity index (χ1n) is 7.43. The van der Waals surface area contributed by atoms with Gasteiger partial charge in [0.25, 0.3) is 0 Å². The Morgan fingerprint density at radius 1 is 1.11 bits per heavy atom. The van der Waals surface area contributed by atoms with Crippen LogP contribution in [0.15, 0.2) is 24.3 Å². The number of piperidine rings is 1. The third-order valence-electron chi connectivity index (χ3n) is 4.81. The van der Waals surface area contributed by atoms with Crippen molar-refractivity contribution in [3.05, 3.63) is 34.9 Å². The van der Waals surface area contributed by atoms with Crippen LogP contribution >= 0.6 is 11.6 Å². The van der Waals surface area contributed by atoms with Crippen LogP contribution in [0.4, 0.5) is 0 Å². The number of nitrogens with zero attached hydrogens (tertiary/aromatic N) is 1. The highest BCUT2D eigenvalue weighted by Crippen LogP contribution is 2.38. The zero-order valence-electron chi connectivity index (χ0n) is 11.5. The van der Waals surface area contributed by atoms with Crippen molar-refractivity contribution in [3.8, 4) is 0 Å². The minimum absolute atomic E-state index is 0.630. The largest absolute Gasteiger partial charge is 0.317 e. The lowest BCUT2D eigenvalue weighted by molar-refractivity contribution is 0.197.